The molecule has 0 aliphatic carbocycles. The molecule has 0 fully saturated rings. The molecule has 0 bridgehead atoms. The summed E-state index contributed by atoms with van der Waals surface area (Å²) in [7, 11) is 0. The molecule has 0 aliphatic rings. The maximum absolute atomic E-state index is 11.5. The number of nitroso groups, excluding NO2 is 1. The summed E-state index contributed by atoms with van der Waals surface area (Å²) >= 11 is 1.13. The zero-order valence-corrected chi connectivity index (χ0v) is 17.1. The first-order chi connectivity index (χ1) is 14.9. The van der Waals surface area contributed by atoms with Crippen molar-refractivity contribution in [3.8, 4) is 23.7 Å². The van der Waals surface area contributed by atoms with Gasteiger partial charge in [-0.25, -0.2) is 0 Å². The van der Waals surface area contributed by atoms with Gasteiger partial charge in [-0.15, -0.1) is 4.91 Å². The van der Waals surface area contributed by atoms with Crippen LogP contribution < -0.4 is 0 Å². The number of hydrogen-bond acceptors (Lipinski definition) is 6. The Kier molecular flexibility index (Phi) is 6.95. The van der Waals surface area contributed by atoms with E-state index in [0.717, 1.165) is 16.7 Å². The van der Waals surface area contributed by atoms with Crippen LogP contribution in [0.5, 0.6) is 0 Å². The molecular weight excluding hydrogens is 412 g/mol. The normalized spacial score (nSPS) is 9.58. The SMILES string of the molecule is CC(=O)Sc1ccc(C#Cc2ccc(C#Cc3ccc(N=O)cc3)cc2[N+](=O)[O-])cc1. The first kappa shape index (κ1) is 21.5. The van der Waals surface area contributed by atoms with E-state index in [-0.39, 0.29) is 16.4 Å². The van der Waals surface area contributed by atoms with Gasteiger partial charge in [0.1, 0.15) is 11.3 Å². The van der Waals surface area contributed by atoms with Crippen molar-refractivity contribution >= 4 is 28.3 Å². The zero-order valence-electron chi connectivity index (χ0n) is 16.3. The number of carbonyl (C=O) groups is 1. The van der Waals surface area contributed by atoms with E-state index < -0.39 is 4.92 Å². The molecule has 3 aromatic carbocycles. The molecule has 0 aliphatic heterocycles. The fourth-order valence-electron chi connectivity index (χ4n) is 2.53. The molecular formula is C24H14N2O4S. The maximum atomic E-state index is 11.5. The molecule has 150 valence electrons. The topological polar surface area (TPSA) is 89.6 Å². The Balaban J connectivity index is 1.84. The van der Waals surface area contributed by atoms with Crippen LogP contribution in [0.3, 0.4) is 0 Å². The van der Waals surface area contributed by atoms with Crippen LogP contribution in [0.4, 0.5) is 11.4 Å². The van der Waals surface area contributed by atoms with E-state index in [0.29, 0.717) is 22.4 Å². The Bertz CT molecular complexity index is 1280. The number of hydrogen-bond donors (Lipinski definition) is 0. The Morgan fingerprint density at radius 1 is 0.871 bits per heavy atom. The second-order valence-electron chi connectivity index (χ2n) is 6.25. The van der Waals surface area contributed by atoms with Crippen molar-refractivity contribution in [3.05, 3.63) is 104 Å². The summed E-state index contributed by atoms with van der Waals surface area (Å²) in [6.45, 7) is 1.49. The van der Waals surface area contributed by atoms with Crippen molar-refractivity contribution in [3.63, 3.8) is 0 Å². The zero-order chi connectivity index (χ0) is 22.2. The van der Waals surface area contributed by atoms with E-state index in [1.165, 1.54) is 13.0 Å². The molecule has 3 aromatic rings. The van der Waals surface area contributed by atoms with Crippen LogP contribution in [0.2, 0.25) is 0 Å². The number of nitro benzene ring substituents is 1. The summed E-state index contributed by atoms with van der Waals surface area (Å²) in [4.78, 5) is 33.4. The third-order valence-electron chi connectivity index (χ3n) is 3.98. The first-order valence-corrected chi connectivity index (χ1v) is 9.80. The predicted octanol–water partition coefficient (Wildman–Crippen LogP) is 5.43. The summed E-state index contributed by atoms with van der Waals surface area (Å²) in [5, 5.41) is 14.3. The van der Waals surface area contributed by atoms with Crippen LogP contribution in [-0.4, -0.2) is 10.0 Å². The standard InChI is InChI=1S/C24H14N2O4S/c1-17(27)31-23-14-8-19(9-15-23)4-10-21-11-5-20(16-24(21)26(29)30)3-2-18-6-12-22(25-28)13-7-18/h5-9,11-16H,1H3. The fraction of sp³-hybridized carbons (Fsp3) is 0.0417. The number of benzene rings is 3. The number of nitro groups is 1. The van der Waals surface area contributed by atoms with Crippen LogP contribution in [-0.2, 0) is 4.79 Å². The largest absolute Gasteiger partial charge is 0.287 e. The highest BCUT2D eigenvalue weighted by Crippen LogP contribution is 2.21. The van der Waals surface area contributed by atoms with Crippen molar-refractivity contribution in [2.45, 2.75) is 11.8 Å². The molecule has 0 radical (unpaired) electrons. The minimum Gasteiger partial charge on any atom is -0.287 e. The quantitative estimate of drug-likeness (QED) is 0.183. The molecule has 7 heteroatoms. The molecule has 0 saturated carbocycles. The summed E-state index contributed by atoms with van der Waals surface area (Å²) in [5.74, 6) is 11.5. The van der Waals surface area contributed by atoms with E-state index >= 15 is 0 Å². The van der Waals surface area contributed by atoms with Crippen molar-refractivity contribution < 1.29 is 9.72 Å². The van der Waals surface area contributed by atoms with Crippen molar-refractivity contribution in [1.29, 1.82) is 0 Å². The van der Waals surface area contributed by atoms with Gasteiger partial charge in [0.2, 0.25) is 0 Å². The molecule has 0 spiro atoms. The maximum Gasteiger partial charge on any atom is 0.286 e. The van der Waals surface area contributed by atoms with Gasteiger partial charge in [0, 0.05) is 34.6 Å². The Morgan fingerprint density at radius 3 is 2.00 bits per heavy atom. The van der Waals surface area contributed by atoms with Crippen LogP contribution in [0.15, 0.2) is 76.8 Å². The smallest absolute Gasteiger partial charge is 0.286 e. The number of carbonyl (C=O) groups excluding carboxylic acids is 1. The Labute approximate surface area is 182 Å². The number of thioether (sulfide) groups is 1. The first-order valence-electron chi connectivity index (χ1n) is 8.99. The van der Waals surface area contributed by atoms with Gasteiger partial charge in [-0.2, -0.15) is 0 Å². The molecule has 0 amide bonds. The lowest BCUT2D eigenvalue weighted by atomic mass is 10.1. The van der Waals surface area contributed by atoms with Crippen LogP contribution >= 0.6 is 11.8 Å². The van der Waals surface area contributed by atoms with E-state index in [1.54, 1.807) is 60.7 Å². The van der Waals surface area contributed by atoms with Gasteiger partial charge in [-0.3, -0.25) is 14.9 Å². The van der Waals surface area contributed by atoms with Gasteiger partial charge in [-0.1, -0.05) is 35.4 Å². The average Bonchev–Trinajstić information content (AvgIpc) is 2.77. The van der Waals surface area contributed by atoms with Gasteiger partial charge >= 0.3 is 0 Å². The summed E-state index contributed by atoms with van der Waals surface area (Å²) in [6.07, 6.45) is 0. The third-order valence-corrected chi connectivity index (χ3v) is 4.77. The highest BCUT2D eigenvalue weighted by Gasteiger charge is 2.12. The van der Waals surface area contributed by atoms with E-state index in [9.17, 15) is 19.8 Å². The minimum absolute atomic E-state index is 0.00682. The van der Waals surface area contributed by atoms with Gasteiger partial charge < -0.3 is 0 Å². The predicted molar refractivity (Wildman–Crippen MR) is 120 cm³/mol. The van der Waals surface area contributed by atoms with Gasteiger partial charge in [0.15, 0.2) is 5.12 Å². The van der Waals surface area contributed by atoms with Crippen LogP contribution in [0.25, 0.3) is 0 Å². The van der Waals surface area contributed by atoms with Crippen molar-refractivity contribution in [2.75, 3.05) is 0 Å². The number of rotatable bonds is 3. The molecule has 0 saturated heterocycles. The highest BCUT2D eigenvalue weighted by atomic mass is 32.2. The molecule has 3 rings (SSSR count). The van der Waals surface area contributed by atoms with E-state index in [2.05, 4.69) is 28.9 Å². The second kappa shape index (κ2) is 10.0. The summed E-state index contributed by atoms with van der Waals surface area (Å²) < 4.78 is 0. The molecule has 0 atom stereocenters. The summed E-state index contributed by atoms with van der Waals surface area (Å²) in [6, 6.07) is 18.1. The molecule has 0 unspecified atom stereocenters. The van der Waals surface area contributed by atoms with Gasteiger partial charge in [0.05, 0.1) is 4.92 Å². The van der Waals surface area contributed by atoms with E-state index in [1.807, 2.05) is 0 Å². The van der Waals surface area contributed by atoms with Gasteiger partial charge in [-0.05, 0) is 65.8 Å². The highest BCUT2D eigenvalue weighted by molar-refractivity contribution is 8.13. The average molecular weight is 426 g/mol. The summed E-state index contributed by atoms with van der Waals surface area (Å²) in [5.41, 5.74) is 2.25. The van der Waals surface area contributed by atoms with Gasteiger partial charge in [0.25, 0.3) is 5.69 Å². The Hall–Kier alpha value is -4.20. The monoisotopic (exact) mass is 426 g/mol. The lowest BCUT2D eigenvalue weighted by molar-refractivity contribution is -0.385. The molecule has 0 aromatic heterocycles. The number of nitrogens with zero attached hydrogens (tertiary/aromatic N) is 2. The Morgan fingerprint density at radius 2 is 1.42 bits per heavy atom. The van der Waals surface area contributed by atoms with Crippen molar-refractivity contribution in [2.24, 2.45) is 5.18 Å². The van der Waals surface area contributed by atoms with Crippen LogP contribution in [0.1, 0.15) is 29.2 Å². The fourth-order valence-corrected chi connectivity index (χ4v) is 3.13. The molecule has 31 heavy (non-hydrogen) atoms. The third kappa shape index (κ3) is 6.14. The molecule has 0 N–H and O–H groups in total. The second-order valence-corrected chi connectivity index (χ2v) is 7.50. The van der Waals surface area contributed by atoms with Crippen molar-refractivity contribution in [1.82, 2.24) is 0 Å². The molecule has 6 nitrogen and oxygen atoms in total. The lowest BCUT2D eigenvalue weighted by Gasteiger charge is -1.98. The lowest BCUT2D eigenvalue weighted by Crippen LogP contribution is -1.93. The van der Waals surface area contributed by atoms with E-state index in [4.69, 9.17) is 0 Å². The van der Waals surface area contributed by atoms with Crippen LogP contribution in [0, 0.1) is 38.7 Å². The molecule has 0 heterocycles. The minimum atomic E-state index is -0.494.